The van der Waals surface area contributed by atoms with E-state index in [0.717, 1.165) is 23.7 Å². The standard InChI is InChI=1S/C27H44O2/c1-17(2)25(29)24(28)16-18(3)21-11-12-22-20-10-9-19-8-6-7-14-26(19,4)23(20)13-15-27(21,22)5/h17-23H,6-16H2,1-5H3/t18-,19?,20+,21-,22+,23+,26+,27-/m1/s1. The predicted molar refractivity (Wildman–Crippen MR) is 118 cm³/mol. The van der Waals surface area contributed by atoms with Gasteiger partial charge in [-0.05, 0) is 97.7 Å². The molecule has 0 aromatic carbocycles. The fourth-order valence-electron chi connectivity index (χ4n) is 9.13. The van der Waals surface area contributed by atoms with E-state index in [1.54, 1.807) is 0 Å². The number of hydrogen-bond donors (Lipinski definition) is 0. The minimum absolute atomic E-state index is 0.122. The summed E-state index contributed by atoms with van der Waals surface area (Å²) >= 11 is 0. The van der Waals surface area contributed by atoms with E-state index in [1.807, 2.05) is 13.8 Å². The van der Waals surface area contributed by atoms with Crippen molar-refractivity contribution in [2.24, 2.45) is 52.3 Å². The zero-order valence-electron chi connectivity index (χ0n) is 19.6. The highest BCUT2D eigenvalue weighted by Gasteiger charge is 2.60. The summed E-state index contributed by atoms with van der Waals surface area (Å²) in [6, 6.07) is 0. The smallest absolute Gasteiger partial charge is 0.200 e. The third kappa shape index (κ3) is 3.45. The summed E-state index contributed by atoms with van der Waals surface area (Å²) in [6.07, 6.45) is 14.6. The molecule has 0 radical (unpaired) electrons. The maximum Gasteiger partial charge on any atom is 0.200 e. The van der Waals surface area contributed by atoms with Crippen LogP contribution in [0.3, 0.4) is 0 Å². The van der Waals surface area contributed by atoms with Gasteiger partial charge in [0.1, 0.15) is 0 Å². The number of hydrogen-bond acceptors (Lipinski definition) is 2. The number of fused-ring (bicyclic) bond motifs is 5. The zero-order valence-corrected chi connectivity index (χ0v) is 19.6. The first-order valence-electron chi connectivity index (χ1n) is 12.8. The van der Waals surface area contributed by atoms with Crippen molar-refractivity contribution in [1.82, 2.24) is 0 Å². The Balaban J connectivity index is 1.49. The molecule has 0 heterocycles. The van der Waals surface area contributed by atoms with E-state index in [-0.39, 0.29) is 17.5 Å². The van der Waals surface area contributed by atoms with Crippen molar-refractivity contribution in [3.8, 4) is 0 Å². The van der Waals surface area contributed by atoms with Crippen molar-refractivity contribution in [3.05, 3.63) is 0 Å². The van der Waals surface area contributed by atoms with E-state index in [1.165, 1.54) is 64.2 Å². The molecule has 4 rings (SSSR count). The summed E-state index contributed by atoms with van der Waals surface area (Å²) in [4.78, 5) is 24.7. The Morgan fingerprint density at radius 1 is 0.828 bits per heavy atom. The fraction of sp³-hybridized carbons (Fsp3) is 0.926. The average Bonchev–Trinajstić information content (AvgIpc) is 3.04. The van der Waals surface area contributed by atoms with Crippen molar-refractivity contribution >= 4 is 11.6 Å². The predicted octanol–water partition coefficient (Wildman–Crippen LogP) is 6.86. The summed E-state index contributed by atoms with van der Waals surface area (Å²) in [5.41, 5.74) is 0.992. The second-order valence-electron chi connectivity index (χ2n) is 12.3. The lowest BCUT2D eigenvalue weighted by Gasteiger charge is -2.61. The molecule has 0 bridgehead atoms. The minimum Gasteiger partial charge on any atom is -0.291 e. The van der Waals surface area contributed by atoms with E-state index in [0.29, 0.717) is 29.1 Å². The van der Waals surface area contributed by atoms with Crippen LogP contribution in [0.5, 0.6) is 0 Å². The van der Waals surface area contributed by atoms with Crippen LogP contribution >= 0.6 is 0 Å². The van der Waals surface area contributed by atoms with Crippen molar-refractivity contribution in [2.45, 2.75) is 105 Å². The number of carbonyl (C=O) groups is 2. The summed E-state index contributed by atoms with van der Waals surface area (Å²) in [7, 11) is 0. The SMILES string of the molecule is CC(C)C(=O)C(=O)C[C@@H](C)[C@H]1CC[C@H]2[C@@H]3CCC4CCCC[C@]4(C)[C@H]3CC[C@]12C. The van der Waals surface area contributed by atoms with Crippen molar-refractivity contribution in [3.63, 3.8) is 0 Å². The van der Waals surface area contributed by atoms with Gasteiger partial charge < -0.3 is 0 Å². The third-order valence-electron chi connectivity index (χ3n) is 10.7. The Kier molecular flexibility index (Phi) is 5.79. The van der Waals surface area contributed by atoms with Crippen molar-refractivity contribution < 1.29 is 9.59 Å². The monoisotopic (exact) mass is 400 g/mol. The summed E-state index contributed by atoms with van der Waals surface area (Å²) in [5, 5.41) is 0. The molecule has 0 spiro atoms. The largest absolute Gasteiger partial charge is 0.291 e. The number of Topliss-reactive ketones (excluding diaryl/α,β-unsaturated/α-hetero) is 2. The third-order valence-corrected chi connectivity index (χ3v) is 10.7. The molecule has 0 amide bonds. The van der Waals surface area contributed by atoms with E-state index in [9.17, 15) is 9.59 Å². The molecule has 4 saturated carbocycles. The van der Waals surface area contributed by atoms with E-state index >= 15 is 0 Å². The maximum absolute atomic E-state index is 12.5. The number of carbonyl (C=O) groups excluding carboxylic acids is 2. The number of rotatable bonds is 5. The molecule has 4 aliphatic rings. The number of ketones is 2. The quantitative estimate of drug-likeness (QED) is 0.473. The molecule has 8 atom stereocenters. The van der Waals surface area contributed by atoms with Crippen LogP contribution < -0.4 is 0 Å². The average molecular weight is 401 g/mol. The molecule has 4 fully saturated rings. The van der Waals surface area contributed by atoms with Gasteiger partial charge >= 0.3 is 0 Å². The van der Waals surface area contributed by atoms with Gasteiger partial charge in [0.25, 0.3) is 0 Å². The van der Waals surface area contributed by atoms with Crippen LogP contribution in [0.25, 0.3) is 0 Å². The first kappa shape index (κ1) is 21.6. The van der Waals surface area contributed by atoms with Crippen LogP contribution in [0.4, 0.5) is 0 Å². The van der Waals surface area contributed by atoms with Gasteiger partial charge in [0, 0.05) is 12.3 Å². The first-order valence-corrected chi connectivity index (χ1v) is 12.8. The second kappa shape index (κ2) is 7.79. The summed E-state index contributed by atoms with van der Waals surface area (Å²) in [6.45, 7) is 11.2. The second-order valence-corrected chi connectivity index (χ2v) is 12.3. The van der Waals surface area contributed by atoms with Gasteiger partial charge in [-0.2, -0.15) is 0 Å². The van der Waals surface area contributed by atoms with Gasteiger partial charge in [-0.3, -0.25) is 9.59 Å². The van der Waals surface area contributed by atoms with E-state index in [4.69, 9.17) is 0 Å². The normalized spacial score (nSPS) is 45.2. The zero-order chi connectivity index (χ0) is 21.0. The van der Waals surface area contributed by atoms with Crippen LogP contribution in [-0.4, -0.2) is 11.6 Å². The van der Waals surface area contributed by atoms with Gasteiger partial charge in [0.2, 0.25) is 5.78 Å². The maximum atomic E-state index is 12.5. The first-order chi connectivity index (χ1) is 13.7. The van der Waals surface area contributed by atoms with Gasteiger partial charge in [-0.25, -0.2) is 0 Å². The van der Waals surface area contributed by atoms with Crippen LogP contribution in [0.2, 0.25) is 0 Å². The van der Waals surface area contributed by atoms with E-state index < -0.39 is 0 Å². The Morgan fingerprint density at radius 2 is 1.55 bits per heavy atom. The van der Waals surface area contributed by atoms with Crippen molar-refractivity contribution in [2.75, 3.05) is 0 Å². The Labute approximate surface area is 179 Å². The van der Waals surface area contributed by atoms with Crippen molar-refractivity contribution in [1.29, 1.82) is 0 Å². The van der Waals surface area contributed by atoms with Crippen LogP contribution in [0.1, 0.15) is 105 Å². The molecular weight excluding hydrogens is 356 g/mol. The molecule has 29 heavy (non-hydrogen) atoms. The molecule has 2 heteroatoms. The molecule has 0 aromatic rings. The van der Waals surface area contributed by atoms with Crippen LogP contribution in [0.15, 0.2) is 0 Å². The molecule has 0 aliphatic heterocycles. The highest BCUT2D eigenvalue weighted by Crippen LogP contribution is 2.68. The van der Waals surface area contributed by atoms with Crippen LogP contribution in [-0.2, 0) is 9.59 Å². The topological polar surface area (TPSA) is 34.1 Å². The summed E-state index contributed by atoms with van der Waals surface area (Å²) < 4.78 is 0. The Bertz CT molecular complexity index is 651. The van der Waals surface area contributed by atoms with Gasteiger partial charge in [0.15, 0.2) is 5.78 Å². The van der Waals surface area contributed by atoms with E-state index in [2.05, 4.69) is 20.8 Å². The fourth-order valence-corrected chi connectivity index (χ4v) is 9.13. The molecule has 0 aromatic heterocycles. The van der Waals surface area contributed by atoms with Gasteiger partial charge in [0.05, 0.1) is 0 Å². The lowest BCUT2D eigenvalue weighted by molar-refractivity contribution is -0.139. The molecule has 1 unspecified atom stereocenters. The Morgan fingerprint density at radius 3 is 2.28 bits per heavy atom. The highest BCUT2D eigenvalue weighted by atomic mass is 16.2. The lowest BCUT2D eigenvalue weighted by Crippen LogP contribution is -2.53. The molecular formula is C27H44O2. The molecule has 2 nitrogen and oxygen atoms in total. The molecule has 4 aliphatic carbocycles. The molecule has 0 saturated heterocycles. The Hall–Kier alpha value is -0.660. The van der Waals surface area contributed by atoms with Gasteiger partial charge in [-0.1, -0.05) is 47.5 Å². The molecule has 164 valence electrons. The van der Waals surface area contributed by atoms with Crippen LogP contribution in [0, 0.1) is 52.3 Å². The molecule has 0 N–H and O–H groups in total. The summed E-state index contributed by atoms with van der Waals surface area (Å²) in [5.74, 6) is 4.21. The lowest BCUT2D eigenvalue weighted by atomic mass is 9.44. The highest BCUT2D eigenvalue weighted by molar-refractivity contribution is 6.37. The minimum atomic E-state index is -0.163. The van der Waals surface area contributed by atoms with Gasteiger partial charge in [-0.15, -0.1) is 0 Å².